The standard InChI is InChI=1S/C15H13NO3S/c17-14(16-12-6-7-20-13(12)15(18)19)11-5-4-9-2-1-3-10(9)8-11/h4-8H,1-3H2,(H,16,17)(H,18,19). The van der Waals surface area contributed by atoms with Crippen LogP contribution in [-0.4, -0.2) is 17.0 Å². The summed E-state index contributed by atoms with van der Waals surface area (Å²) in [4.78, 5) is 23.4. The summed E-state index contributed by atoms with van der Waals surface area (Å²) in [5.41, 5.74) is 3.46. The van der Waals surface area contributed by atoms with Gasteiger partial charge in [0.2, 0.25) is 0 Å². The van der Waals surface area contributed by atoms with Crippen LogP contribution in [0.3, 0.4) is 0 Å². The van der Waals surface area contributed by atoms with E-state index in [1.54, 1.807) is 17.5 Å². The molecule has 0 radical (unpaired) electrons. The number of rotatable bonds is 3. The zero-order valence-corrected chi connectivity index (χ0v) is 11.5. The Bertz CT molecular complexity index is 690. The Hall–Kier alpha value is -2.14. The van der Waals surface area contributed by atoms with Gasteiger partial charge in [-0.2, -0.15) is 0 Å². The normalized spacial score (nSPS) is 13.0. The number of carbonyl (C=O) groups is 2. The first-order valence-corrected chi connectivity index (χ1v) is 7.27. The second kappa shape index (κ2) is 5.09. The van der Waals surface area contributed by atoms with Crippen LogP contribution in [0.15, 0.2) is 29.6 Å². The highest BCUT2D eigenvalue weighted by molar-refractivity contribution is 7.12. The molecule has 3 rings (SSSR count). The minimum Gasteiger partial charge on any atom is -0.477 e. The highest BCUT2D eigenvalue weighted by Gasteiger charge is 2.17. The van der Waals surface area contributed by atoms with Crippen molar-refractivity contribution in [2.75, 3.05) is 5.32 Å². The molecule has 2 N–H and O–H groups in total. The number of carbonyl (C=O) groups excluding carboxylic acids is 1. The molecule has 0 fully saturated rings. The van der Waals surface area contributed by atoms with E-state index < -0.39 is 5.97 Å². The fraction of sp³-hybridized carbons (Fsp3) is 0.200. The molecular formula is C15H13NO3S. The number of nitrogens with one attached hydrogen (secondary N) is 1. The van der Waals surface area contributed by atoms with Gasteiger partial charge in [-0.1, -0.05) is 6.07 Å². The van der Waals surface area contributed by atoms with Crippen molar-refractivity contribution in [1.29, 1.82) is 0 Å². The minimum atomic E-state index is -1.02. The molecule has 1 heterocycles. The number of hydrogen-bond donors (Lipinski definition) is 2. The fourth-order valence-corrected chi connectivity index (χ4v) is 3.17. The first-order chi connectivity index (χ1) is 9.65. The fourth-order valence-electron chi connectivity index (χ4n) is 2.48. The predicted molar refractivity (Wildman–Crippen MR) is 77.7 cm³/mol. The number of fused-ring (bicyclic) bond motifs is 1. The minimum absolute atomic E-state index is 0.152. The molecule has 0 spiro atoms. The van der Waals surface area contributed by atoms with Gasteiger partial charge in [-0.15, -0.1) is 11.3 Å². The summed E-state index contributed by atoms with van der Waals surface area (Å²) in [5.74, 6) is -1.29. The first-order valence-electron chi connectivity index (χ1n) is 6.39. The van der Waals surface area contributed by atoms with Gasteiger partial charge in [-0.05, 0) is 54.0 Å². The first kappa shape index (κ1) is 12.9. The number of aryl methyl sites for hydroxylation is 2. The number of benzene rings is 1. The van der Waals surface area contributed by atoms with Crippen LogP contribution in [0, 0.1) is 0 Å². The molecule has 0 saturated carbocycles. The van der Waals surface area contributed by atoms with Crippen molar-refractivity contribution in [1.82, 2.24) is 0 Å². The Morgan fingerprint density at radius 1 is 1.15 bits per heavy atom. The lowest BCUT2D eigenvalue weighted by molar-refractivity contribution is 0.0703. The molecule has 0 aliphatic heterocycles. The summed E-state index contributed by atoms with van der Waals surface area (Å²) >= 11 is 1.10. The van der Waals surface area contributed by atoms with Crippen LogP contribution in [0.2, 0.25) is 0 Å². The third-order valence-corrected chi connectivity index (χ3v) is 4.37. The molecule has 1 aromatic heterocycles. The molecule has 0 bridgehead atoms. The van der Waals surface area contributed by atoms with Crippen LogP contribution < -0.4 is 5.32 Å². The largest absolute Gasteiger partial charge is 0.477 e. The van der Waals surface area contributed by atoms with Crippen molar-refractivity contribution < 1.29 is 14.7 Å². The van der Waals surface area contributed by atoms with Gasteiger partial charge in [0, 0.05) is 5.56 Å². The van der Waals surface area contributed by atoms with Gasteiger partial charge >= 0.3 is 5.97 Å². The molecule has 1 amide bonds. The Labute approximate surface area is 120 Å². The van der Waals surface area contributed by atoms with Crippen LogP contribution in [0.1, 0.15) is 37.6 Å². The molecule has 102 valence electrons. The van der Waals surface area contributed by atoms with E-state index in [-0.39, 0.29) is 10.8 Å². The maximum absolute atomic E-state index is 12.2. The van der Waals surface area contributed by atoms with E-state index in [1.807, 2.05) is 12.1 Å². The van der Waals surface area contributed by atoms with E-state index >= 15 is 0 Å². The van der Waals surface area contributed by atoms with Crippen molar-refractivity contribution >= 4 is 28.9 Å². The summed E-state index contributed by atoms with van der Waals surface area (Å²) in [6, 6.07) is 7.30. The topological polar surface area (TPSA) is 66.4 Å². The van der Waals surface area contributed by atoms with Crippen LogP contribution in [0.25, 0.3) is 0 Å². The summed E-state index contributed by atoms with van der Waals surface area (Å²) in [7, 11) is 0. The lowest BCUT2D eigenvalue weighted by Crippen LogP contribution is -2.13. The number of anilines is 1. The Morgan fingerprint density at radius 2 is 1.95 bits per heavy atom. The molecule has 20 heavy (non-hydrogen) atoms. The smallest absolute Gasteiger partial charge is 0.348 e. The molecule has 4 nitrogen and oxygen atoms in total. The zero-order chi connectivity index (χ0) is 14.1. The molecule has 1 aliphatic rings. The quantitative estimate of drug-likeness (QED) is 0.911. The van der Waals surface area contributed by atoms with E-state index in [9.17, 15) is 9.59 Å². The van der Waals surface area contributed by atoms with Gasteiger partial charge in [-0.3, -0.25) is 4.79 Å². The monoisotopic (exact) mass is 287 g/mol. The van der Waals surface area contributed by atoms with Gasteiger partial charge in [0.1, 0.15) is 4.88 Å². The maximum Gasteiger partial charge on any atom is 0.348 e. The molecular weight excluding hydrogens is 274 g/mol. The number of aromatic carboxylic acids is 1. The Balaban J connectivity index is 1.83. The SMILES string of the molecule is O=C(Nc1ccsc1C(=O)O)c1ccc2c(c1)CCC2. The molecule has 0 atom stereocenters. The molecule has 1 aromatic carbocycles. The molecule has 0 unspecified atom stereocenters. The van der Waals surface area contributed by atoms with Gasteiger partial charge < -0.3 is 10.4 Å². The number of amides is 1. The van der Waals surface area contributed by atoms with Gasteiger partial charge in [0.15, 0.2) is 0 Å². The van der Waals surface area contributed by atoms with E-state index in [2.05, 4.69) is 5.32 Å². The average Bonchev–Trinajstić information content (AvgIpc) is 3.05. The van der Waals surface area contributed by atoms with Gasteiger partial charge in [-0.25, -0.2) is 4.79 Å². The van der Waals surface area contributed by atoms with E-state index in [0.717, 1.165) is 30.6 Å². The highest BCUT2D eigenvalue weighted by Crippen LogP contribution is 2.25. The van der Waals surface area contributed by atoms with Crippen LogP contribution >= 0.6 is 11.3 Å². The van der Waals surface area contributed by atoms with Crippen molar-refractivity contribution in [3.05, 3.63) is 51.2 Å². The van der Waals surface area contributed by atoms with Gasteiger partial charge in [0.25, 0.3) is 5.91 Å². The van der Waals surface area contributed by atoms with E-state index in [0.29, 0.717) is 11.3 Å². The molecule has 2 aromatic rings. The number of carboxylic acid groups (broad SMARTS) is 1. The summed E-state index contributed by atoms with van der Waals surface area (Å²) in [5, 5.41) is 13.3. The number of carboxylic acids is 1. The zero-order valence-electron chi connectivity index (χ0n) is 10.7. The van der Waals surface area contributed by atoms with Crippen molar-refractivity contribution in [2.24, 2.45) is 0 Å². The lowest BCUT2D eigenvalue weighted by atomic mass is 10.1. The van der Waals surface area contributed by atoms with Crippen LogP contribution in [-0.2, 0) is 12.8 Å². The Kier molecular flexibility index (Phi) is 3.28. The average molecular weight is 287 g/mol. The number of hydrogen-bond acceptors (Lipinski definition) is 3. The second-order valence-electron chi connectivity index (χ2n) is 4.76. The summed E-state index contributed by atoms with van der Waals surface area (Å²) < 4.78 is 0. The van der Waals surface area contributed by atoms with Crippen molar-refractivity contribution in [2.45, 2.75) is 19.3 Å². The predicted octanol–water partition coefficient (Wildman–Crippen LogP) is 3.19. The molecule has 0 saturated heterocycles. The lowest BCUT2D eigenvalue weighted by Gasteiger charge is -2.06. The summed E-state index contributed by atoms with van der Waals surface area (Å²) in [6.07, 6.45) is 3.22. The highest BCUT2D eigenvalue weighted by atomic mass is 32.1. The molecule has 1 aliphatic carbocycles. The van der Waals surface area contributed by atoms with Crippen molar-refractivity contribution in [3.8, 4) is 0 Å². The molecule has 5 heteroatoms. The Morgan fingerprint density at radius 3 is 2.75 bits per heavy atom. The maximum atomic E-state index is 12.2. The van der Waals surface area contributed by atoms with Crippen molar-refractivity contribution in [3.63, 3.8) is 0 Å². The van der Waals surface area contributed by atoms with Crippen LogP contribution in [0.4, 0.5) is 5.69 Å². The van der Waals surface area contributed by atoms with Crippen LogP contribution in [0.5, 0.6) is 0 Å². The van der Waals surface area contributed by atoms with E-state index in [4.69, 9.17) is 5.11 Å². The van der Waals surface area contributed by atoms with Gasteiger partial charge in [0.05, 0.1) is 5.69 Å². The van der Waals surface area contributed by atoms with E-state index in [1.165, 1.54) is 11.1 Å². The summed E-state index contributed by atoms with van der Waals surface area (Å²) in [6.45, 7) is 0. The number of thiophene rings is 1. The third kappa shape index (κ3) is 2.32. The second-order valence-corrected chi connectivity index (χ2v) is 5.68. The third-order valence-electron chi connectivity index (χ3n) is 3.47.